The van der Waals surface area contributed by atoms with Gasteiger partial charge < -0.3 is 10.1 Å². The summed E-state index contributed by atoms with van der Waals surface area (Å²) >= 11 is 0. The van der Waals surface area contributed by atoms with Crippen LogP contribution in [-0.4, -0.2) is 39.5 Å². The summed E-state index contributed by atoms with van der Waals surface area (Å²) in [5.41, 5.74) is 0.354. The first-order valence-corrected chi connectivity index (χ1v) is 7.59. The summed E-state index contributed by atoms with van der Waals surface area (Å²) < 4.78 is 46.0. The van der Waals surface area contributed by atoms with E-state index in [1.807, 2.05) is 6.92 Å². The Labute approximate surface area is 138 Å². The molecule has 0 saturated carbocycles. The van der Waals surface area contributed by atoms with Crippen molar-refractivity contribution in [2.75, 3.05) is 25.1 Å². The van der Waals surface area contributed by atoms with Crippen molar-refractivity contribution < 1.29 is 17.9 Å². The molecule has 2 heterocycles. The zero-order valence-corrected chi connectivity index (χ0v) is 13.8. The van der Waals surface area contributed by atoms with Crippen LogP contribution in [0.5, 0.6) is 0 Å². The number of aromatic nitrogens is 4. The van der Waals surface area contributed by atoms with E-state index in [0.717, 1.165) is 6.07 Å². The minimum Gasteiger partial charge on any atom is -0.382 e. The zero-order chi connectivity index (χ0) is 17.7. The first-order chi connectivity index (χ1) is 11.3. The van der Waals surface area contributed by atoms with Gasteiger partial charge in [-0.05, 0) is 26.3 Å². The topological polar surface area (TPSA) is 64.9 Å². The van der Waals surface area contributed by atoms with Gasteiger partial charge in [-0.25, -0.2) is 9.97 Å². The third kappa shape index (κ3) is 4.67. The average molecular weight is 343 g/mol. The number of hydrogen-bond donors (Lipinski definition) is 1. The highest BCUT2D eigenvalue weighted by Gasteiger charge is 2.34. The van der Waals surface area contributed by atoms with Gasteiger partial charge in [-0.15, -0.1) is 0 Å². The molecule has 1 N–H and O–H groups in total. The van der Waals surface area contributed by atoms with Crippen molar-refractivity contribution in [1.82, 2.24) is 19.7 Å². The molecule has 2 aromatic rings. The Morgan fingerprint density at radius 2 is 2.04 bits per heavy atom. The Hall–Kier alpha value is -2.16. The van der Waals surface area contributed by atoms with Crippen LogP contribution in [0.15, 0.2) is 12.3 Å². The number of alkyl halides is 3. The summed E-state index contributed by atoms with van der Waals surface area (Å²) in [6.45, 7) is 5.15. The van der Waals surface area contributed by atoms with Crippen LogP contribution < -0.4 is 5.32 Å². The van der Waals surface area contributed by atoms with Crippen LogP contribution in [0.3, 0.4) is 0 Å². The molecule has 2 aromatic heterocycles. The number of hydrogen-bond acceptors (Lipinski definition) is 5. The Morgan fingerprint density at radius 3 is 2.62 bits per heavy atom. The fourth-order valence-corrected chi connectivity index (χ4v) is 2.18. The van der Waals surface area contributed by atoms with Crippen molar-refractivity contribution in [2.45, 2.75) is 26.4 Å². The van der Waals surface area contributed by atoms with E-state index in [-0.39, 0.29) is 11.6 Å². The molecular weight excluding hydrogens is 323 g/mol. The standard InChI is InChI=1S/C15H20F3N5O/c1-4-24-7-5-6-19-14-20-12(8-13(21-14)15(16,17)18)11-9-23(3)22-10(11)2/h8-9H,4-7H2,1-3H3,(H,19,20,21). The number of ether oxygens (including phenoxy) is 1. The molecule has 9 heteroatoms. The molecule has 0 bridgehead atoms. The molecule has 0 fully saturated rings. The second-order valence-electron chi connectivity index (χ2n) is 5.24. The maximum Gasteiger partial charge on any atom is 0.433 e. The van der Waals surface area contributed by atoms with Gasteiger partial charge in [-0.1, -0.05) is 0 Å². The molecule has 0 aromatic carbocycles. The van der Waals surface area contributed by atoms with E-state index in [9.17, 15) is 13.2 Å². The van der Waals surface area contributed by atoms with E-state index >= 15 is 0 Å². The number of anilines is 1. The van der Waals surface area contributed by atoms with Crippen molar-refractivity contribution in [3.8, 4) is 11.3 Å². The van der Waals surface area contributed by atoms with Crippen LogP contribution in [0.25, 0.3) is 11.3 Å². The molecule has 6 nitrogen and oxygen atoms in total. The maximum absolute atomic E-state index is 13.1. The summed E-state index contributed by atoms with van der Waals surface area (Å²) in [5, 5.41) is 6.97. The lowest BCUT2D eigenvalue weighted by molar-refractivity contribution is -0.141. The van der Waals surface area contributed by atoms with Crippen LogP contribution in [-0.2, 0) is 18.0 Å². The van der Waals surface area contributed by atoms with E-state index in [1.54, 1.807) is 20.2 Å². The highest BCUT2D eigenvalue weighted by Crippen LogP contribution is 2.31. The third-order valence-corrected chi connectivity index (χ3v) is 3.26. The molecule has 0 radical (unpaired) electrons. The fraction of sp³-hybridized carbons (Fsp3) is 0.533. The maximum atomic E-state index is 13.1. The molecule has 2 rings (SSSR count). The first-order valence-electron chi connectivity index (χ1n) is 7.59. The zero-order valence-electron chi connectivity index (χ0n) is 13.8. The van der Waals surface area contributed by atoms with E-state index in [4.69, 9.17) is 4.74 Å². The number of rotatable bonds is 7. The van der Waals surface area contributed by atoms with E-state index in [0.29, 0.717) is 37.4 Å². The van der Waals surface area contributed by atoms with Crippen molar-refractivity contribution in [2.24, 2.45) is 7.05 Å². The van der Waals surface area contributed by atoms with Gasteiger partial charge in [0.25, 0.3) is 0 Å². The molecule has 24 heavy (non-hydrogen) atoms. The van der Waals surface area contributed by atoms with E-state index in [2.05, 4.69) is 20.4 Å². The highest BCUT2D eigenvalue weighted by molar-refractivity contribution is 5.62. The largest absolute Gasteiger partial charge is 0.433 e. The summed E-state index contributed by atoms with van der Waals surface area (Å²) in [6.07, 6.45) is -2.26. The lowest BCUT2D eigenvalue weighted by atomic mass is 10.1. The number of halogens is 3. The fourth-order valence-electron chi connectivity index (χ4n) is 2.18. The first kappa shape index (κ1) is 18.2. The average Bonchev–Trinajstić information content (AvgIpc) is 2.84. The molecule has 132 valence electrons. The minimum absolute atomic E-state index is 0.0559. The molecule has 0 spiro atoms. The number of nitrogens with one attached hydrogen (secondary N) is 1. The molecule has 0 aliphatic carbocycles. The van der Waals surface area contributed by atoms with Gasteiger partial charge in [0.1, 0.15) is 0 Å². The third-order valence-electron chi connectivity index (χ3n) is 3.26. The SMILES string of the molecule is CCOCCCNc1nc(-c2cn(C)nc2C)cc(C(F)(F)F)n1. The molecule has 0 saturated heterocycles. The Bertz CT molecular complexity index is 684. The molecule has 0 atom stereocenters. The second kappa shape index (κ2) is 7.61. The summed E-state index contributed by atoms with van der Waals surface area (Å²) in [5.74, 6) is -0.0559. The van der Waals surface area contributed by atoms with Crippen molar-refractivity contribution in [3.05, 3.63) is 23.7 Å². The highest BCUT2D eigenvalue weighted by atomic mass is 19.4. The smallest absolute Gasteiger partial charge is 0.382 e. The molecule has 0 aliphatic heterocycles. The van der Waals surface area contributed by atoms with Crippen molar-refractivity contribution in [3.63, 3.8) is 0 Å². The van der Waals surface area contributed by atoms with Crippen molar-refractivity contribution in [1.29, 1.82) is 0 Å². The molecule has 0 amide bonds. The van der Waals surface area contributed by atoms with Crippen LogP contribution in [0.1, 0.15) is 24.7 Å². The summed E-state index contributed by atoms with van der Waals surface area (Å²) in [4.78, 5) is 7.76. The molecule has 0 unspecified atom stereocenters. The Morgan fingerprint density at radius 1 is 1.29 bits per heavy atom. The van der Waals surface area contributed by atoms with Gasteiger partial charge in [0.2, 0.25) is 5.95 Å². The summed E-state index contributed by atoms with van der Waals surface area (Å²) in [6, 6.07) is 0.940. The minimum atomic E-state index is -4.55. The molecular formula is C15H20F3N5O. The van der Waals surface area contributed by atoms with Gasteiger partial charge in [-0.2, -0.15) is 18.3 Å². The Kier molecular flexibility index (Phi) is 5.76. The monoisotopic (exact) mass is 343 g/mol. The Balaban J connectivity index is 2.27. The number of nitrogens with zero attached hydrogens (tertiary/aromatic N) is 4. The summed E-state index contributed by atoms with van der Waals surface area (Å²) in [7, 11) is 1.70. The van der Waals surface area contributed by atoms with Gasteiger partial charge in [0.15, 0.2) is 5.69 Å². The van der Waals surface area contributed by atoms with E-state index in [1.165, 1.54) is 4.68 Å². The van der Waals surface area contributed by atoms with Crippen LogP contribution >= 0.6 is 0 Å². The van der Waals surface area contributed by atoms with E-state index < -0.39 is 11.9 Å². The normalized spacial score (nSPS) is 11.8. The second-order valence-corrected chi connectivity index (χ2v) is 5.24. The quantitative estimate of drug-likeness (QED) is 0.783. The van der Waals surface area contributed by atoms with Crippen LogP contribution in [0.2, 0.25) is 0 Å². The van der Waals surface area contributed by atoms with Gasteiger partial charge in [0, 0.05) is 38.6 Å². The van der Waals surface area contributed by atoms with Gasteiger partial charge in [0.05, 0.1) is 11.4 Å². The van der Waals surface area contributed by atoms with Crippen LogP contribution in [0.4, 0.5) is 19.1 Å². The van der Waals surface area contributed by atoms with Crippen molar-refractivity contribution >= 4 is 5.95 Å². The molecule has 0 aliphatic rings. The predicted molar refractivity (Wildman–Crippen MR) is 83.6 cm³/mol. The predicted octanol–water partition coefficient (Wildman–Crippen LogP) is 3.04. The van der Waals surface area contributed by atoms with Crippen LogP contribution in [0, 0.1) is 6.92 Å². The lowest BCUT2D eigenvalue weighted by Gasteiger charge is -2.11. The van der Waals surface area contributed by atoms with Gasteiger partial charge in [-0.3, -0.25) is 4.68 Å². The lowest BCUT2D eigenvalue weighted by Crippen LogP contribution is -2.14. The number of aryl methyl sites for hydroxylation is 2. The van der Waals surface area contributed by atoms with Gasteiger partial charge >= 0.3 is 6.18 Å².